The lowest BCUT2D eigenvalue weighted by atomic mass is 9.79. The molecule has 0 bridgehead atoms. The number of carbonyl (C=O) groups is 1. The second kappa shape index (κ2) is 10.3. The first-order valence-electron chi connectivity index (χ1n) is 12.9. The number of halogens is 3. The summed E-state index contributed by atoms with van der Waals surface area (Å²) in [7, 11) is 0. The van der Waals surface area contributed by atoms with Crippen LogP contribution in [0.3, 0.4) is 0 Å². The predicted molar refractivity (Wildman–Crippen MR) is 150 cm³/mol. The highest BCUT2D eigenvalue weighted by atomic mass is 127. The third-order valence-electron chi connectivity index (χ3n) is 7.85. The highest BCUT2D eigenvalue weighted by Gasteiger charge is 2.51. The Morgan fingerprint density at radius 3 is 2.68 bits per heavy atom. The summed E-state index contributed by atoms with van der Waals surface area (Å²) in [6.07, 6.45) is 3.87. The summed E-state index contributed by atoms with van der Waals surface area (Å²) >= 11 is 8.40. The number of hydrogen-bond acceptors (Lipinski definition) is 4. The Labute approximate surface area is 238 Å². The van der Waals surface area contributed by atoms with Crippen LogP contribution < -0.4 is 10.2 Å². The summed E-state index contributed by atoms with van der Waals surface area (Å²) in [5.41, 5.74) is 2.43. The molecular formula is C29H27ClFIN2O4. The fraction of sp³-hybridized carbons (Fsp3) is 0.379. The summed E-state index contributed by atoms with van der Waals surface area (Å²) in [4.78, 5) is 29.8. The molecule has 2 unspecified atom stereocenters. The smallest absolute Gasteiger partial charge is 0.274 e. The number of carbonyl (C=O) groups excluding carboxylic acids is 1. The summed E-state index contributed by atoms with van der Waals surface area (Å²) in [5.74, 6) is -0.719. The lowest BCUT2D eigenvalue weighted by Gasteiger charge is -2.38. The van der Waals surface area contributed by atoms with Crippen LogP contribution in [0.4, 0.5) is 4.39 Å². The van der Waals surface area contributed by atoms with Gasteiger partial charge in [0.1, 0.15) is 18.0 Å². The van der Waals surface area contributed by atoms with Gasteiger partial charge >= 0.3 is 0 Å². The zero-order chi connectivity index (χ0) is 26.4. The molecule has 1 fully saturated rings. The van der Waals surface area contributed by atoms with Crippen molar-refractivity contribution in [3.05, 3.63) is 97.7 Å². The molecule has 0 radical (unpaired) electrons. The van der Waals surface area contributed by atoms with Gasteiger partial charge in [0.05, 0.1) is 22.9 Å². The lowest BCUT2D eigenvalue weighted by Crippen LogP contribution is -2.45. The third-order valence-corrected chi connectivity index (χ3v) is 9.77. The van der Waals surface area contributed by atoms with Crippen LogP contribution in [0.1, 0.15) is 58.6 Å². The van der Waals surface area contributed by atoms with E-state index in [-0.39, 0.29) is 44.9 Å². The van der Waals surface area contributed by atoms with Gasteiger partial charge in [0.25, 0.3) is 5.91 Å². The van der Waals surface area contributed by atoms with Crippen LogP contribution in [0.2, 0.25) is 5.02 Å². The average Bonchev–Trinajstić information content (AvgIpc) is 3.30. The Morgan fingerprint density at radius 2 is 1.92 bits per heavy atom. The van der Waals surface area contributed by atoms with Crippen molar-refractivity contribution < 1.29 is 18.7 Å². The van der Waals surface area contributed by atoms with Crippen molar-refractivity contribution in [1.29, 1.82) is 0 Å². The van der Waals surface area contributed by atoms with Crippen molar-refractivity contribution in [2.45, 2.75) is 61.5 Å². The Kier molecular flexibility index (Phi) is 6.98. The van der Waals surface area contributed by atoms with Gasteiger partial charge in [-0.15, -0.1) is 0 Å². The largest absolute Gasteiger partial charge is 0.483 e. The number of amides is 1. The molecule has 1 aliphatic carbocycles. The van der Waals surface area contributed by atoms with E-state index in [9.17, 15) is 14.0 Å². The summed E-state index contributed by atoms with van der Waals surface area (Å²) in [5, 5.41) is 0.0107. The third kappa shape index (κ3) is 4.34. The van der Waals surface area contributed by atoms with Crippen LogP contribution in [-0.2, 0) is 36.6 Å². The number of pyridine rings is 1. The van der Waals surface area contributed by atoms with E-state index in [2.05, 4.69) is 22.6 Å². The fourth-order valence-corrected chi connectivity index (χ4v) is 7.40. The molecule has 1 spiro atoms. The standard InChI is InChI=1S/C29H27ClFIN2O4/c30-20-14-19(9-10-21(20)31)15-33-12-13-34-22-17-38-29(11-5-4-8-23(29)32)24(22)26(35)27(25(34)28(33)36)37-16-18-6-2-1-3-7-18/h1-3,6-7,9-10,14,23H,4-5,8,11-13,15-17H2. The molecular weight excluding hydrogens is 622 g/mol. The Bertz CT molecular complexity index is 1460. The second-order valence-electron chi connectivity index (χ2n) is 10.1. The van der Waals surface area contributed by atoms with Gasteiger partial charge in [-0.25, -0.2) is 4.39 Å². The van der Waals surface area contributed by atoms with Crippen molar-refractivity contribution in [3.8, 4) is 5.75 Å². The van der Waals surface area contributed by atoms with Gasteiger partial charge in [0, 0.05) is 23.6 Å². The monoisotopic (exact) mass is 648 g/mol. The molecule has 2 atom stereocenters. The first kappa shape index (κ1) is 25.8. The quantitative estimate of drug-likeness (QED) is 0.253. The summed E-state index contributed by atoms with van der Waals surface area (Å²) in [6, 6.07) is 14.0. The second-order valence-corrected chi connectivity index (χ2v) is 12.0. The van der Waals surface area contributed by atoms with Crippen molar-refractivity contribution >= 4 is 40.1 Å². The normalized spacial score (nSPS) is 22.4. The van der Waals surface area contributed by atoms with Crippen LogP contribution >= 0.6 is 34.2 Å². The molecule has 6 rings (SSSR count). The summed E-state index contributed by atoms with van der Waals surface area (Å²) in [6.45, 7) is 1.67. The van der Waals surface area contributed by atoms with E-state index in [1.165, 1.54) is 12.1 Å². The van der Waals surface area contributed by atoms with Crippen molar-refractivity contribution in [1.82, 2.24) is 9.47 Å². The topological polar surface area (TPSA) is 60.8 Å². The molecule has 2 aromatic carbocycles. The highest BCUT2D eigenvalue weighted by Crippen LogP contribution is 2.50. The van der Waals surface area contributed by atoms with Gasteiger partial charge in [-0.2, -0.15) is 0 Å². The molecule has 9 heteroatoms. The molecule has 6 nitrogen and oxygen atoms in total. The Balaban J connectivity index is 1.44. The number of alkyl halides is 1. The molecule has 1 amide bonds. The van der Waals surface area contributed by atoms with E-state index < -0.39 is 11.4 Å². The number of nitrogens with zero attached hydrogens (tertiary/aromatic N) is 2. The first-order valence-corrected chi connectivity index (χ1v) is 14.5. The zero-order valence-electron chi connectivity index (χ0n) is 20.7. The average molecular weight is 649 g/mol. The van der Waals surface area contributed by atoms with Gasteiger partial charge in [0.15, 0.2) is 11.4 Å². The number of benzene rings is 2. The molecule has 0 saturated heterocycles. The van der Waals surface area contributed by atoms with Gasteiger partial charge in [-0.1, -0.05) is 83.4 Å². The lowest BCUT2D eigenvalue weighted by molar-refractivity contribution is -0.0560. The van der Waals surface area contributed by atoms with Crippen molar-refractivity contribution in [3.63, 3.8) is 0 Å². The molecule has 3 aliphatic rings. The number of ether oxygens (including phenoxy) is 2. The number of aromatic nitrogens is 1. The maximum absolute atomic E-state index is 14.2. The van der Waals surface area contributed by atoms with Gasteiger partial charge in [-0.05, 0) is 36.1 Å². The van der Waals surface area contributed by atoms with Gasteiger partial charge in [-0.3, -0.25) is 9.59 Å². The Hall–Kier alpha value is -2.43. The molecule has 3 aromatic rings. The SMILES string of the molecule is O=C1c2c(OCc3ccccc3)c(=O)c3c(n2CCN1Cc1ccc(F)c(Cl)c1)COC31CCCCC1I. The van der Waals surface area contributed by atoms with Crippen molar-refractivity contribution in [2.75, 3.05) is 6.54 Å². The van der Waals surface area contributed by atoms with E-state index in [1.54, 1.807) is 11.0 Å². The fourth-order valence-electron chi connectivity index (χ4n) is 5.95. The van der Waals surface area contributed by atoms with Crippen LogP contribution in [-0.4, -0.2) is 25.8 Å². The molecule has 1 saturated carbocycles. The van der Waals surface area contributed by atoms with E-state index in [4.69, 9.17) is 21.1 Å². The Morgan fingerprint density at radius 1 is 1.11 bits per heavy atom. The predicted octanol–water partition coefficient (Wildman–Crippen LogP) is 5.98. The van der Waals surface area contributed by atoms with E-state index in [1.807, 2.05) is 34.9 Å². The highest BCUT2D eigenvalue weighted by molar-refractivity contribution is 14.1. The van der Waals surface area contributed by atoms with Crippen LogP contribution in [0.25, 0.3) is 0 Å². The molecule has 38 heavy (non-hydrogen) atoms. The minimum Gasteiger partial charge on any atom is -0.483 e. The summed E-state index contributed by atoms with van der Waals surface area (Å²) < 4.78 is 28.5. The molecule has 0 N–H and O–H groups in total. The van der Waals surface area contributed by atoms with Crippen molar-refractivity contribution in [2.24, 2.45) is 0 Å². The van der Waals surface area contributed by atoms with Gasteiger partial charge < -0.3 is 18.9 Å². The number of rotatable bonds is 5. The zero-order valence-corrected chi connectivity index (χ0v) is 23.6. The van der Waals surface area contributed by atoms with Crippen LogP contribution in [0.5, 0.6) is 5.75 Å². The van der Waals surface area contributed by atoms with Crippen LogP contribution in [0, 0.1) is 5.82 Å². The van der Waals surface area contributed by atoms with E-state index in [0.717, 1.165) is 36.9 Å². The maximum atomic E-state index is 14.2. The molecule has 3 heterocycles. The van der Waals surface area contributed by atoms with E-state index in [0.29, 0.717) is 30.8 Å². The minimum absolute atomic E-state index is 0.0107. The molecule has 1 aromatic heterocycles. The first-order chi connectivity index (χ1) is 18.4. The number of hydrogen-bond donors (Lipinski definition) is 0. The minimum atomic E-state index is -0.650. The maximum Gasteiger partial charge on any atom is 0.274 e. The van der Waals surface area contributed by atoms with E-state index >= 15 is 0 Å². The molecule has 198 valence electrons. The number of fused-ring (bicyclic) bond motifs is 4. The van der Waals surface area contributed by atoms with Gasteiger partial charge in [0.2, 0.25) is 5.43 Å². The molecule has 2 aliphatic heterocycles. The van der Waals surface area contributed by atoms with Crippen LogP contribution in [0.15, 0.2) is 53.3 Å².